The summed E-state index contributed by atoms with van der Waals surface area (Å²) in [4.78, 5) is 0. The van der Waals surface area contributed by atoms with Gasteiger partial charge in [-0.05, 0) is 68.2 Å². The Bertz CT molecular complexity index is 398. The molecule has 0 aliphatic heterocycles. The molecule has 1 aliphatic carbocycles. The van der Waals surface area contributed by atoms with Crippen molar-refractivity contribution in [1.29, 1.82) is 0 Å². The smallest absolute Gasteiger partial charge is 0.00468 e. The maximum absolute atomic E-state index is 3.27. The molecule has 0 atom stereocenters. The van der Waals surface area contributed by atoms with Crippen molar-refractivity contribution < 1.29 is 0 Å². The molecule has 0 amide bonds. The lowest BCUT2D eigenvalue weighted by Gasteiger charge is -2.25. The molecule has 1 N–H and O–H groups in total. The highest BCUT2D eigenvalue weighted by atomic mass is 14.8. The van der Waals surface area contributed by atoms with E-state index < -0.39 is 0 Å². The molecule has 21 heavy (non-hydrogen) atoms. The van der Waals surface area contributed by atoms with E-state index in [1.807, 2.05) is 7.05 Å². The number of aryl methyl sites for hydroxylation is 1. The highest BCUT2D eigenvalue weighted by Crippen LogP contribution is 2.33. The first-order valence-corrected chi connectivity index (χ1v) is 8.84. The third kappa shape index (κ3) is 5.47. The van der Waals surface area contributed by atoms with Gasteiger partial charge in [0.1, 0.15) is 0 Å². The summed E-state index contributed by atoms with van der Waals surface area (Å²) in [5.74, 6) is 0.833. The van der Waals surface area contributed by atoms with E-state index in [-0.39, 0.29) is 0 Å². The van der Waals surface area contributed by atoms with Crippen molar-refractivity contribution in [3.8, 4) is 0 Å². The molecule has 0 radical (unpaired) electrons. The zero-order valence-electron chi connectivity index (χ0n) is 14.3. The van der Waals surface area contributed by atoms with Crippen LogP contribution in [0.2, 0.25) is 0 Å². The standard InChI is InChI=1S/C20H33N/c1-20(2,15-16-21-3)14-13-17-9-11-19(12-10-17)18-7-5-4-6-8-18/h9-12,18,21H,4-8,13-16H2,1-3H3. The highest BCUT2D eigenvalue weighted by molar-refractivity contribution is 5.26. The first-order valence-electron chi connectivity index (χ1n) is 8.84. The summed E-state index contributed by atoms with van der Waals surface area (Å²) in [6.07, 6.45) is 10.8. The van der Waals surface area contributed by atoms with Crippen LogP contribution in [0.25, 0.3) is 0 Å². The summed E-state index contributed by atoms with van der Waals surface area (Å²) in [5.41, 5.74) is 3.52. The van der Waals surface area contributed by atoms with Gasteiger partial charge in [-0.25, -0.2) is 0 Å². The van der Waals surface area contributed by atoms with Crippen molar-refractivity contribution in [3.05, 3.63) is 35.4 Å². The van der Waals surface area contributed by atoms with E-state index in [0.717, 1.165) is 12.5 Å². The van der Waals surface area contributed by atoms with Crippen molar-refractivity contribution in [3.63, 3.8) is 0 Å². The molecule has 1 aromatic rings. The highest BCUT2D eigenvalue weighted by Gasteiger charge is 2.18. The Morgan fingerprint density at radius 1 is 1.00 bits per heavy atom. The second-order valence-electron chi connectivity index (χ2n) is 7.59. The first-order chi connectivity index (χ1) is 10.1. The lowest BCUT2D eigenvalue weighted by atomic mass is 9.82. The summed E-state index contributed by atoms with van der Waals surface area (Å²) in [7, 11) is 2.04. The Morgan fingerprint density at radius 2 is 1.67 bits per heavy atom. The Balaban J connectivity index is 1.84. The molecule has 0 bridgehead atoms. The lowest BCUT2D eigenvalue weighted by molar-refractivity contribution is 0.305. The van der Waals surface area contributed by atoms with Gasteiger partial charge in [0, 0.05) is 0 Å². The third-order valence-electron chi connectivity index (χ3n) is 5.20. The van der Waals surface area contributed by atoms with E-state index in [1.165, 1.54) is 56.9 Å². The molecule has 1 saturated carbocycles. The molecule has 1 heteroatoms. The van der Waals surface area contributed by atoms with Gasteiger partial charge in [-0.2, -0.15) is 0 Å². The Morgan fingerprint density at radius 3 is 2.29 bits per heavy atom. The van der Waals surface area contributed by atoms with Crippen LogP contribution in [0.4, 0.5) is 0 Å². The van der Waals surface area contributed by atoms with Crippen molar-refractivity contribution >= 4 is 0 Å². The fraction of sp³-hybridized carbons (Fsp3) is 0.700. The zero-order valence-corrected chi connectivity index (χ0v) is 14.3. The van der Waals surface area contributed by atoms with E-state index >= 15 is 0 Å². The minimum atomic E-state index is 0.436. The quantitative estimate of drug-likeness (QED) is 0.717. The molecule has 0 saturated heterocycles. The van der Waals surface area contributed by atoms with Crippen LogP contribution in [-0.2, 0) is 6.42 Å². The van der Waals surface area contributed by atoms with Crippen LogP contribution in [0.3, 0.4) is 0 Å². The lowest BCUT2D eigenvalue weighted by Crippen LogP contribution is -2.20. The van der Waals surface area contributed by atoms with Crippen LogP contribution in [0.1, 0.15) is 75.8 Å². The summed E-state index contributed by atoms with van der Waals surface area (Å²) in [5, 5.41) is 3.27. The van der Waals surface area contributed by atoms with Gasteiger partial charge in [0.25, 0.3) is 0 Å². The van der Waals surface area contributed by atoms with Crippen molar-refractivity contribution in [2.24, 2.45) is 5.41 Å². The van der Waals surface area contributed by atoms with E-state index in [0.29, 0.717) is 5.41 Å². The average molecular weight is 287 g/mol. The number of hydrogen-bond donors (Lipinski definition) is 1. The molecule has 0 heterocycles. The molecule has 1 nitrogen and oxygen atoms in total. The van der Waals surface area contributed by atoms with Crippen LogP contribution in [-0.4, -0.2) is 13.6 Å². The van der Waals surface area contributed by atoms with Gasteiger partial charge in [0.15, 0.2) is 0 Å². The summed E-state index contributed by atoms with van der Waals surface area (Å²) in [6.45, 7) is 5.90. The monoisotopic (exact) mass is 287 g/mol. The molecule has 1 aliphatic rings. The van der Waals surface area contributed by atoms with E-state index in [4.69, 9.17) is 0 Å². The van der Waals surface area contributed by atoms with Crippen LogP contribution in [0, 0.1) is 5.41 Å². The second kappa shape index (κ2) is 7.98. The predicted molar refractivity (Wildman–Crippen MR) is 92.9 cm³/mol. The van der Waals surface area contributed by atoms with Gasteiger partial charge >= 0.3 is 0 Å². The van der Waals surface area contributed by atoms with Crippen LogP contribution in [0.15, 0.2) is 24.3 Å². The summed E-state index contributed by atoms with van der Waals surface area (Å²) < 4.78 is 0. The number of rotatable bonds is 7. The maximum atomic E-state index is 3.27. The Hall–Kier alpha value is -0.820. The van der Waals surface area contributed by atoms with Crippen LogP contribution in [0.5, 0.6) is 0 Å². The second-order valence-corrected chi connectivity index (χ2v) is 7.59. The molecule has 0 unspecified atom stereocenters. The minimum absolute atomic E-state index is 0.436. The minimum Gasteiger partial charge on any atom is -0.320 e. The van der Waals surface area contributed by atoms with E-state index in [2.05, 4.69) is 43.4 Å². The van der Waals surface area contributed by atoms with Gasteiger partial charge in [0.2, 0.25) is 0 Å². The van der Waals surface area contributed by atoms with Gasteiger partial charge in [-0.1, -0.05) is 57.4 Å². The topological polar surface area (TPSA) is 12.0 Å². The molecule has 1 aromatic carbocycles. The Labute approximate surface area is 131 Å². The number of benzene rings is 1. The fourth-order valence-corrected chi connectivity index (χ4v) is 3.46. The zero-order chi connectivity index (χ0) is 15.1. The number of hydrogen-bond acceptors (Lipinski definition) is 1. The summed E-state index contributed by atoms with van der Waals surface area (Å²) >= 11 is 0. The van der Waals surface area contributed by atoms with Crippen LogP contribution >= 0.6 is 0 Å². The molecule has 0 spiro atoms. The normalized spacial score (nSPS) is 17.1. The van der Waals surface area contributed by atoms with E-state index in [9.17, 15) is 0 Å². The van der Waals surface area contributed by atoms with Crippen molar-refractivity contribution in [1.82, 2.24) is 5.32 Å². The van der Waals surface area contributed by atoms with Crippen LogP contribution < -0.4 is 5.32 Å². The first kappa shape index (κ1) is 16.5. The van der Waals surface area contributed by atoms with Crippen molar-refractivity contribution in [2.75, 3.05) is 13.6 Å². The molecular weight excluding hydrogens is 254 g/mol. The molecular formula is C20H33N. The SMILES string of the molecule is CNCCC(C)(C)CCc1ccc(C2CCCCC2)cc1. The molecule has 0 aromatic heterocycles. The predicted octanol–water partition coefficient (Wildman–Crippen LogP) is 5.30. The van der Waals surface area contributed by atoms with Gasteiger partial charge in [0.05, 0.1) is 0 Å². The number of nitrogens with one attached hydrogen (secondary N) is 1. The maximum Gasteiger partial charge on any atom is -0.00468 e. The molecule has 1 fully saturated rings. The van der Waals surface area contributed by atoms with Crippen molar-refractivity contribution in [2.45, 2.75) is 71.1 Å². The summed E-state index contributed by atoms with van der Waals surface area (Å²) in [6, 6.07) is 9.54. The van der Waals surface area contributed by atoms with Gasteiger partial charge in [-0.3, -0.25) is 0 Å². The molecule has 2 rings (SSSR count). The fourth-order valence-electron chi connectivity index (χ4n) is 3.46. The third-order valence-corrected chi connectivity index (χ3v) is 5.20. The van der Waals surface area contributed by atoms with E-state index in [1.54, 1.807) is 5.56 Å². The largest absolute Gasteiger partial charge is 0.320 e. The van der Waals surface area contributed by atoms with Gasteiger partial charge < -0.3 is 5.32 Å². The Kier molecular flexibility index (Phi) is 6.29. The molecule has 118 valence electrons. The van der Waals surface area contributed by atoms with Gasteiger partial charge in [-0.15, -0.1) is 0 Å². The average Bonchev–Trinajstić information content (AvgIpc) is 2.53.